The molecule has 43 heavy (non-hydrogen) atoms. The van der Waals surface area contributed by atoms with E-state index in [-0.39, 0.29) is 5.41 Å². The molecule has 0 saturated heterocycles. The molecule has 0 amide bonds. The average molecular weight is 624 g/mol. The average Bonchev–Trinajstić information content (AvgIpc) is 3.05. The number of aromatic nitrogens is 2. The second-order valence-electron chi connectivity index (χ2n) is 11.8. The number of hydrogen-bond acceptors (Lipinski definition) is 2. The van der Waals surface area contributed by atoms with Crippen LogP contribution in [0.4, 0.5) is 0 Å². The van der Waals surface area contributed by atoms with Crippen molar-refractivity contribution >= 4 is 59.3 Å². The van der Waals surface area contributed by atoms with E-state index in [9.17, 15) is 0 Å². The van der Waals surface area contributed by atoms with Gasteiger partial charge in [0.05, 0.1) is 11.0 Å². The third-order valence-corrected chi connectivity index (χ3v) is 8.45. The van der Waals surface area contributed by atoms with E-state index < -0.39 is 0 Å². The molecule has 5 aromatic carbocycles. The number of pyridine rings is 1. The van der Waals surface area contributed by atoms with Gasteiger partial charge in [-0.2, -0.15) is 0 Å². The van der Waals surface area contributed by atoms with Crippen molar-refractivity contribution in [1.82, 2.24) is 9.55 Å². The lowest BCUT2D eigenvalue weighted by Crippen LogP contribution is -2.12. The fourth-order valence-electron chi connectivity index (χ4n) is 5.84. The van der Waals surface area contributed by atoms with Crippen LogP contribution in [0.3, 0.4) is 0 Å². The molecule has 0 aliphatic heterocycles. The van der Waals surface area contributed by atoms with E-state index in [1.807, 2.05) is 30.5 Å². The third kappa shape index (κ3) is 5.13. The summed E-state index contributed by atoms with van der Waals surface area (Å²) >= 11 is 3.58. The van der Waals surface area contributed by atoms with Gasteiger partial charge in [0.2, 0.25) is 0 Å². The molecule has 2 aromatic heterocycles. The summed E-state index contributed by atoms with van der Waals surface area (Å²) in [5, 5.41) is 6.97. The number of hydrogen-bond donors (Lipinski definition) is 0. The van der Waals surface area contributed by atoms with E-state index in [2.05, 4.69) is 144 Å². The topological polar surface area (TPSA) is 27.1 Å². The zero-order valence-corrected chi connectivity index (χ0v) is 26.0. The Morgan fingerprint density at radius 3 is 1.79 bits per heavy atom. The minimum absolute atomic E-state index is 0.0372. The van der Waals surface area contributed by atoms with E-state index in [1.165, 1.54) is 21.7 Å². The lowest BCUT2D eigenvalue weighted by molar-refractivity contribution is 0.483. The molecule has 7 aromatic rings. The number of rotatable bonds is 3. The molecule has 0 saturated carbocycles. The summed E-state index contributed by atoms with van der Waals surface area (Å²) in [7, 11) is 0. The van der Waals surface area contributed by atoms with E-state index in [4.69, 9.17) is 9.72 Å². The summed E-state index contributed by atoms with van der Waals surface area (Å²) in [5.74, 6) is 2.38. The Balaban J connectivity index is 1.73. The SMILES string of the molecule is CC(C)(C)c1ccnc(-n2c3ccccc3c3ccccc3c3ccccc3c3ccc(Oc4cccc(Br)c4)cc32)c1. The highest BCUT2D eigenvalue weighted by molar-refractivity contribution is 9.10. The molecule has 7 rings (SSSR count). The Labute approximate surface area is 259 Å². The fraction of sp³-hybridized carbons (Fsp3) is 0.103. The van der Waals surface area contributed by atoms with Crippen LogP contribution in [0.2, 0.25) is 0 Å². The van der Waals surface area contributed by atoms with Crippen LogP contribution in [-0.4, -0.2) is 9.55 Å². The van der Waals surface area contributed by atoms with E-state index >= 15 is 0 Å². The first-order chi connectivity index (χ1) is 20.9. The summed E-state index contributed by atoms with van der Waals surface area (Å²) < 4.78 is 9.72. The summed E-state index contributed by atoms with van der Waals surface area (Å²) in [6.45, 7) is 6.72. The Kier molecular flexibility index (Phi) is 6.87. The first-order valence-corrected chi connectivity index (χ1v) is 15.3. The molecular formula is C39H31BrN2O. The Hall–Kier alpha value is -4.67. The summed E-state index contributed by atoms with van der Waals surface area (Å²) in [5.41, 5.74) is 3.24. The number of benzene rings is 5. The van der Waals surface area contributed by atoms with E-state index in [1.54, 1.807) is 0 Å². The molecule has 2 heterocycles. The van der Waals surface area contributed by atoms with Gasteiger partial charge in [-0.3, -0.25) is 4.57 Å². The van der Waals surface area contributed by atoms with E-state index in [0.717, 1.165) is 49.0 Å². The maximum atomic E-state index is 6.45. The van der Waals surface area contributed by atoms with Crippen molar-refractivity contribution in [2.45, 2.75) is 26.2 Å². The van der Waals surface area contributed by atoms with Gasteiger partial charge in [-0.1, -0.05) is 109 Å². The first-order valence-electron chi connectivity index (χ1n) is 14.5. The van der Waals surface area contributed by atoms with Crippen LogP contribution >= 0.6 is 15.9 Å². The molecule has 0 spiro atoms. The van der Waals surface area contributed by atoms with Gasteiger partial charge >= 0.3 is 0 Å². The monoisotopic (exact) mass is 622 g/mol. The van der Waals surface area contributed by atoms with Crippen molar-refractivity contribution < 1.29 is 4.74 Å². The Morgan fingerprint density at radius 2 is 1.14 bits per heavy atom. The second kappa shape index (κ2) is 10.9. The summed E-state index contributed by atoms with van der Waals surface area (Å²) in [6.07, 6.45) is 1.93. The number of halogens is 1. The lowest BCUT2D eigenvalue weighted by atomic mass is 9.88. The van der Waals surface area contributed by atoms with Crippen molar-refractivity contribution in [2.75, 3.05) is 0 Å². The zero-order chi connectivity index (χ0) is 29.6. The van der Waals surface area contributed by atoms with Crippen LogP contribution in [0.25, 0.3) is 49.2 Å². The lowest BCUT2D eigenvalue weighted by Gasteiger charge is -2.21. The predicted molar refractivity (Wildman–Crippen MR) is 184 cm³/mol. The van der Waals surface area contributed by atoms with Crippen LogP contribution in [0, 0.1) is 0 Å². The third-order valence-electron chi connectivity index (χ3n) is 7.95. The van der Waals surface area contributed by atoms with Crippen molar-refractivity contribution in [3.63, 3.8) is 0 Å². The molecule has 0 atom stereocenters. The number of para-hydroxylation sites is 1. The first kappa shape index (κ1) is 27.2. The fourth-order valence-corrected chi connectivity index (χ4v) is 6.22. The maximum absolute atomic E-state index is 6.45. The van der Waals surface area contributed by atoms with Gasteiger partial charge in [0.1, 0.15) is 17.3 Å². The van der Waals surface area contributed by atoms with Gasteiger partial charge in [0.25, 0.3) is 0 Å². The van der Waals surface area contributed by atoms with Crippen molar-refractivity contribution in [3.05, 3.63) is 144 Å². The number of ether oxygens (including phenoxy) is 1. The Bertz CT molecular complexity index is 2220. The quantitative estimate of drug-likeness (QED) is 0.196. The largest absolute Gasteiger partial charge is 0.457 e. The predicted octanol–water partition coefficient (Wildman–Crippen LogP) is 11.5. The standard InChI is InChI=1S/C39H31BrN2O/c1-39(2,3)26-21-22-41-38(23-26)42-36-18-9-8-17-34(36)32-15-6-4-13-30(32)31-14-5-7-16-33(31)35-20-19-29(25-37(35)42)43-28-12-10-11-27(40)24-28/h4-25H,1-3H3. The van der Waals surface area contributed by atoms with Gasteiger partial charge in [0.15, 0.2) is 0 Å². The van der Waals surface area contributed by atoms with Gasteiger partial charge in [-0.25, -0.2) is 4.98 Å². The van der Waals surface area contributed by atoms with Crippen LogP contribution in [-0.2, 0) is 5.41 Å². The highest BCUT2D eigenvalue weighted by Gasteiger charge is 2.17. The highest BCUT2D eigenvalue weighted by Crippen LogP contribution is 2.36. The van der Waals surface area contributed by atoms with Gasteiger partial charge < -0.3 is 4.74 Å². The summed E-state index contributed by atoms with van der Waals surface area (Å²) in [4.78, 5) is 4.99. The zero-order valence-electron chi connectivity index (χ0n) is 24.4. The molecule has 0 aliphatic carbocycles. The maximum Gasteiger partial charge on any atom is 0.137 e. The van der Waals surface area contributed by atoms with Crippen molar-refractivity contribution in [1.29, 1.82) is 0 Å². The van der Waals surface area contributed by atoms with Crippen LogP contribution in [0.15, 0.2) is 138 Å². The van der Waals surface area contributed by atoms with Crippen molar-refractivity contribution in [3.8, 4) is 17.3 Å². The normalized spacial score (nSPS) is 11.7. The van der Waals surface area contributed by atoms with Crippen LogP contribution < -0.4 is 4.74 Å². The Morgan fingerprint density at radius 1 is 0.558 bits per heavy atom. The van der Waals surface area contributed by atoms with Gasteiger partial charge in [-0.05, 0) is 81.1 Å². The van der Waals surface area contributed by atoms with Crippen LogP contribution in [0.5, 0.6) is 11.5 Å². The molecule has 0 bridgehead atoms. The number of fused-ring (bicyclic) bond motifs is 7. The van der Waals surface area contributed by atoms with E-state index in [0.29, 0.717) is 0 Å². The molecule has 3 nitrogen and oxygen atoms in total. The number of nitrogens with zero attached hydrogens (tertiary/aromatic N) is 2. The minimum Gasteiger partial charge on any atom is -0.457 e. The van der Waals surface area contributed by atoms with Gasteiger partial charge in [0, 0.05) is 27.5 Å². The smallest absolute Gasteiger partial charge is 0.137 e. The highest BCUT2D eigenvalue weighted by atomic mass is 79.9. The molecule has 0 unspecified atom stereocenters. The molecule has 210 valence electrons. The van der Waals surface area contributed by atoms with Crippen LogP contribution in [0.1, 0.15) is 26.3 Å². The minimum atomic E-state index is -0.0372. The van der Waals surface area contributed by atoms with Crippen molar-refractivity contribution in [2.24, 2.45) is 0 Å². The van der Waals surface area contributed by atoms with Gasteiger partial charge in [-0.15, -0.1) is 0 Å². The second-order valence-corrected chi connectivity index (χ2v) is 12.8. The molecular weight excluding hydrogens is 592 g/mol. The molecule has 0 radical (unpaired) electrons. The summed E-state index contributed by atoms with van der Waals surface area (Å²) in [6, 6.07) is 44.6. The molecule has 0 aliphatic rings. The molecule has 0 N–H and O–H groups in total. The molecule has 0 fully saturated rings. The molecule has 4 heteroatoms.